The smallest absolute Gasteiger partial charge is 0.395 e. The van der Waals surface area contributed by atoms with Gasteiger partial charge in [0.25, 0.3) is 0 Å². The number of hydrogen-bond acceptors (Lipinski definition) is 2. The Hall–Kier alpha value is -2.63. The van der Waals surface area contributed by atoms with Gasteiger partial charge in [-0.15, -0.1) is 8.78 Å². The number of fused-ring (bicyclic) bond motifs is 4. The largest absolute Gasteiger partial charge is 0.586 e. The fraction of sp³-hybridized carbons (Fsp3) is 0.333. The van der Waals surface area contributed by atoms with Crippen molar-refractivity contribution in [3.05, 3.63) is 59.0 Å². The fourth-order valence-electron chi connectivity index (χ4n) is 4.11. The van der Waals surface area contributed by atoms with Gasteiger partial charge < -0.3 is 14.0 Å². The van der Waals surface area contributed by atoms with Crippen molar-refractivity contribution >= 4 is 10.9 Å². The van der Waals surface area contributed by atoms with Crippen LogP contribution in [-0.2, 0) is 18.4 Å². The molecule has 6 heteroatoms. The van der Waals surface area contributed by atoms with Gasteiger partial charge in [-0.05, 0) is 47.9 Å². The van der Waals surface area contributed by atoms with Crippen LogP contribution < -0.4 is 9.47 Å². The molecule has 0 spiro atoms. The molecule has 0 amide bonds. The molecule has 0 saturated carbocycles. The Morgan fingerprint density at radius 1 is 1.04 bits per heavy atom. The molecule has 1 aromatic heterocycles. The molecule has 0 radical (unpaired) electrons. The van der Waals surface area contributed by atoms with E-state index in [4.69, 9.17) is 0 Å². The SMILES string of the molecule is CC1(C)CCn2c1cc1cc(Cc3ccc4c(c3)OC(F)(F)O4)c(F)cc12. The molecule has 5 rings (SSSR count). The third-order valence-corrected chi connectivity index (χ3v) is 5.58. The monoisotopic (exact) mass is 373 g/mol. The summed E-state index contributed by atoms with van der Waals surface area (Å²) in [5.74, 6) is -0.328. The first kappa shape index (κ1) is 16.5. The molecule has 27 heavy (non-hydrogen) atoms. The van der Waals surface area contributed by atoms with Crippen LogP contribution in [0.15, 0.2) is 36.4 Å². The van der Waals surface area contributed by atoms with Gasteiger partial charge in [0.1, 0.15) is 5.82 Å². The molecule has 140 valence electrons. The Balaban J connectivity index is 1.51. The first-order valence-corrected chi connectivity index (χ1v) is 8.93. The van der Waals surface area contributed by atoms with Crippen LogP contribution in [0.3, 0.4) is 0 Å². The van der Waals surface area contributed by atoms with Gasteiger partial charge >= 0.3 is 6.29 Å². The van der Waals surface area contributed by atoms with E-state index >= 15 is 0 Å². The van der Waals surface area contributed by atoms with Crippen molar-refractivity contribution in [2.75, 3.05) is 0 Å². The summed E-state index contributed by atoms with van der Waals surface area (Å²) in [6.45, 7) is 5.29. The van der Waals surface area contributed by atoms with Crippen LogP contribution in [0.25, 0.3) is 10.9 Å². The van der Waals surface area contributed by atoms with Crippen molar-refractivity contribution in [1.82, 2.24) is 4.57 Å². The number of hydrogen-bond donors (Lipinski definition) is 0. The van der Waals surface area contributed by atoms with Crippen molar-refractivity contribution in [1.29, 1.82) is 0 Å². The Labute approximate surface area is 154 Å². The van der Waals surface area contributed by atoms with Crippen molar-refractivity contribution in [3.63, 3.8) is 0 Å². The van der Waals surface area contributed by atoms with E-state index in [-0.39, 0.29) is 29.2 Å². The molecule has 0 N–H and O–H groups in total. The van der Waals surface area contributed by atoms with Crippen molar-refractivity contribution in [2.24, 2.45) is 0 Å². The van der Waals surface area contributed by atoms with Crippen LogP contribution in [0.2, 0.25) is 0 Å². The second-order valence-corrected chi connectivity index (χ2v) is 7.94. The molecule has 2 aliphatic heterocycles. The number of halogens is 3. The lowest BCUT2D eigenvalue weighted by molar-refractivity contribution is -0.286. The second-order valence-electron chi connectivity index (χ2n) is 7.94. The summed E-state index contributed by atoms with van der Waals surface area (Å²) in [4.78, 5) is 0. The molecule has 3 aromatic rings. The molecule has 0 fully saturated rings. The van der Waals surface area contributed by atoms with Crippen LogP contribution in [0.5, 0.6) is 11.5 Å². The minimum absolute atomic E-state index is 0.00855. The van der Waals surface area contributed by atoms with E-state index in [9.17, 15) is 13.2 Å². The third kappa shape index (κ3) is 2.58. The van der Waals surface area contributed by atoms with Gasteiger partial charge in [0, 0.05) is 29.5 Å². The van der Waals surface area contributed by atoms with E-state index in [0.717, 1.165) is 23.9 Å². The first-order valence-electron chi connectivity index (χ1n) is 8.93. The van der Waals surface area contributed by atoms with Gasteiger partial charge in [0.05, 0.1) is 5.52 Å². The van der Waals surface area contributed by atoms with E-state index in [0.29, 0.717) is 11.1 Å². The summed E-state index contributed by atoms with van der Waals surface area (Å²) in [5.41, 5.74) is 3.41. The van der Waals surface area contributed by atoms with E-state index in [1.54, 1.807) is 12.1 Å². The summed E-state index contributed by atoms with van der Waals surface area (Å²) in [6, 6.07) is 10.1. The van der Waals surface area contributed by atoms with Crippen molar-refractivity contribution < 1.29 is 22.6 Å². The van der Waals surface area contributed by atoms with E-state index in [1.165, 1.54) is 17.8 Å². The molecule has 2 aliphatic rings. The lowest BCUT2D eigenvalue weighted by Crippen LogP contribution is -2.25. The highest BCUT2D eigenvalue weighted by Crippen LogP contribution is 2.42. The molecule has 0 atom stereocenters. The lowest BCUT2D eigenvalue weighted by atomic mass is 9.88. The molecule has 0 aliphatic carbocycles. The summed E-state index contributed by atoms with van der Waals surface area (Å²) >= 11 is 0. The average molecular weight is 373 g/mol. The minimum Gasteiger partial charge on any atom is -0.395 e. The number of ether oxygens (including phenoxy) is 2. The Morgan fingerprint density at radius 2 is 1.81 bits per heavy atom. The quantitative estimate of drug-likeness (QED) is 0.603. The zero-order chi connectivity index (χ0) is 19.0. The van der Waals surface area contributed by atoms with Gasteiger partial charge in [0.15, 0.2) is 11.5 Å². The fourth-order valence-corrected chi connectivity index (χ4v) is 4.11. The number of aromatic nitrogens is 1. The Bertz CT molecular complexity index is 1080. The maximum Gasteiger partial charge on any atom is 0.586 e. The molecular weight excluding hydrogens is 355 g/mol. The van der Waals surface area contributed by atoms with Crippen molar-refractivity contribution in [3.8, 4) is 11.5 Å². The Kier molecular flexibility index (Phi) is 3.19. The van der Waals surface area contributed by atoms with E-state index in [2.05, 4.69) is 34.0 Å². The topological polar surface area (TPSA) is 23.4 Å². The first-order chi connectivity index (χ1) is 12.7. The van der Waals surface area contributed by atoms with Crippen LogP contribution in [0.4, 0.5) is 13.2 Å². The normalized spacial score (nSPS) is 18.9. The average Bonchev–Trinajstić information content (AvgIpc) is 3.18. The van der Waals surface area contributed by atoms with Gasteiger partial charge in [-0.2, -0.15) is 0 Å². The van der Waals surface area contributed by atoms with Crippen molar-refractivity contribution in [2.45, 2.75) is 44.9 Å². The van der Waals surface area contributed by atoms with Gasteiger partial charge in [-0.25, -0.2) is 4.39 Å². The summed E-state index contributed by atoms with van der Waals surface area (Å²) < 4.78 is 52.2. The van der Waals surface area contributed by atoms with Crippen LogP contribution in [-0.4, -0.2) is 10.9 Å². The highest BCUT2D eigenvalue weighted by molar-refractivity contribution is 5.83. The number of benzene rings is 2. The predicted molar refractivity (Wildman–Crippen MR) is 95.0 cm³/mol. The number of alkyl halides is 2. The van der Waals surface area contributed by atoms with Crippen LogP contribution in [0, 0.1) is 5.82 Å². The standard InChI is InChI=1S/C21H18F3NO2/c1-20(2)5-6-25-16-11-15(22)13(9-14(16)10-19(20)25)7-12-3-4-17-18(8-12)27-21(23,24)26-17/h3-4,8-11H,5-7H2,1-2H3. The molecule has 3 heterocycles. The molecule has 0 saturated heterocycles. The zero-order valence-corrected chi connectivity index (χ0v) is 15.0. The molecule has 3 nitrogen and oxygen atoms in total. The lowest BCUT2D eigenvalue weighted by Gasteiger charge is -2.15. The second kappa shape index (κ2) is 5.21. The van der Waals surface area contributed by atoms with Crippen LogP contribution >= 0.6 is 0 Å². The summed E-state index contributed by atoms with van der Waals surface area (Å²) in [6.07, 6.45) is -2.32. The zero-order valence-electron chi connectivity index (χ0n) is 15.0. The maximum absolute atomic E-state index is 14.8. The van der Waals surface area contributed by atoms with E-state index < -0.39 is 6.29 Å². The maximum atomic E-state index is 14.8. The molecule has 0 unspecified atom stereocenters. The van der Waals surface area contributed by atoms with Gasteiger partial charge in [0.2, 0.25) is 0 Å². The summed E-state index contributed by atoms with van der Waals surface area (Å²) in [7, 11) is 0. The van der Waals surface area contributed by atoms with Gasteiger partial charge in [-0.1, -0.05) is 19.9 Å². The predicted octanol–water partition coefficient (Wildman–Crippen LogP) is 5.37. The molecular formula is C21H18F3NO2. The molecule has 0 bridgehead atoms. The highest BCUT2D eigenvalue weighted by Gasteiger charge is 2.43. The minimum atomic E-state index is -3.65. The Morgan fingerprint density at radius 3 is 2.63 bits per heavy atom. The van der Waals surface area contributed by atoms with E-state index in [1.807, 2.05) is 6.07 Å². The third-order valence-electron chi connectivity index (χ3n) is 5.58. The van der Waals surface area contributed by atoms with Gasteiger partial charge in [-0.3, -0.25) is 0 Å². The summed E-state index contributed by atoms with van der Waals surface area (Å²) in [5, 5.41) is 1.00. The molecule has 2 aromatic carbocycles. The number of nitrogens with zero attached hydrogens (tertiary/aromatic N) is 1. The number of rotatable bonds is 2. The van der Waals surface area contributed by atoms with Crippen LogP contribution in [0.1, 0.15) is 37.1 Å². The highest BCUT2D eigenvalue weighted by atomic mass is 19.3. The number of aryl methyl sites for hydroxylation is 1.